The van der Waals surface area contributed by atoms with E-state index < -0.39 is 0 Å². The summed E-state index contributed by atoms with van der Waals surface area (Å²) in [5, 5.41) is 5.81. The summed E-state index contributed by atoms with van der Waals surface area (Å²) in [5.41, 5.74) is 2.96. The van der Waals surface area contributed by atoms with Gasteiger partial charge in [-0.3, -0.25) is 0 Å². The van der Waals surface area contributed by atoms with Crippen molar-refractivity contribution in [2.75, 3.05) is 17.6 Å². The van der Waals surface area contributed by atoms with Gasteiger partial charge in [0.25, 0.3) is 0 Å². The molecule has 2 rings (SSSR count). The van der Waals surface area contributed by atoms with Crippen LogP contribution >= 0.6 is 27.7 Å². The molecule has 0 saturated heterocycles. The van der Waals surface area contributed by atoms with Crippen molar-refractivity contribution in [3.8, 4) is 0 Å². The minimum atomic E-state index is -0.165. The first-order valence-corrected chi connectivity index (χ1v) is 8.83. The molecule has 0 radical (unpaired) electrons. The average Bonchev–Trinajstić information content (AvgIpc) is 2.48. The molecule has 0 atom stereocenters. The molecule has 0 aromatic heterocycles. The maximum atomic E-state index is 12.0. The number of hydrogen-bond acceptors (Lipinski definition) is 2. The van der Waals surface area contributed by atoms with E-state index in [0.717, 1.165) is 27.0 Å². The van der Waals surface area contributed by atoms with Crippen molar-refractivity contribution in [2.45, 2.75) is 18.7 Å². The fraction of sp³-hybridized carbons (Fsp3) is 0.235. The quantitative estimate of drug-likeness (QED) is 0.568. The van der Waals surface area contributed by atoms with Crippen molar-refractivity contribution in [2.24, 2.45) is 0 Å². The van der Waals surface area contributed by atoms with E-state index in [-0.39, 0.29) is 6.03 Å². The van der Waals surface area contributed by atoms with Crippen molar-refractivity contribution in [3.05, 3.63) is 58.1 Å². The number of carbonyl (C=O) groups excluding carboxylic acids is 1. The molecule has 0 unspecified atom stereocenters. The van der Waals surface area contributed by atoms with E-state index in [4.69, 9.17) is 0 Å². The zero-order chi connectivity index (χ0) is 15.9. The smallest absolute Gasteiger partial charge is 0.319 e. The Morgan fingerprint density at radius 2 is 1.77 bits per heavy atom. The van der Waals surface area contributed by atoms with E-state index in [0.29, 0.717) is 6.54 Å². The molecule has 0 aliphatic rings. The molecule has 0 aliphatic carbocycles. The van der Waals surface area contributed by atoms with Crippen molar-refractivity contribution >= 4 is 39.4 Å². The Kier molecular flexibility index (Phi) is 6.34. The number of halogens is 1. The Morgan fingerprint density at radius 3 is 2.41 bits per heavy atom. The van der Waals surface area contributed by atoms with Crippen LogP contribution < -0.4 is 10.6 Å². The molecule has 0 saturated carbocycles. The lowest BCUT2D eigenvalue weighted by Gasteiger charge is -2.13. The van der Waals surface area contributed by atoms with E-state index in [1.165, 1.54) is 4.90 Å². The molecule has 2 N–H and O–H groups in total. The lowest BCUT2D eigenvalue weighted by molar-refractivity contribution is 0.252. The highest BCUT2D eigenvalue weighted by atomic mass is 79.9. The number of hydrogen-bond donors (Lipinski definition) is 2. The second kappa shape index (κ2) is 8.25. The van der Waals surface area contributed by atoms with Gasteiger partial charge in [0, 0.05) is 27.4 Å². The van der Waals surface area contributed by atoms with Crippen LogP contribution in [0.1, 0.15) is 11.1 Å². The van der Waals surface area contributed by atoms with Gasteiger partial charge in [-0.15, -0.1) is 11.8 Å². The minimum Gasteiger partial charge on any atom is -0.337 e. The van der Waals surface area contributed by atoms with Gasteiger partial charge in [0.15, 0.2) is 0 Å². The van der Waals surface area contributed by atoms with Gasteiger partial charge in [0.1, 0.15) is 0 Å². The summed E-state index contributed by atoms with van der Waals surface area (Å²) in [6.45, 7) is 4.59. The predicted molar refractivity (Wildman–Crippen MR) is 97.8 cm³/mol. The van der Waals surface area contributed by atoms with E-state index in [1.54, 1.807) is 11.8 Å². The zero-order valence-corrected chi connectivity index (χ0v) is 15.1. The maximum absolute atomic E-state index is 12.0. The van der Waals surface area contributed by atoms with Crippen LogP contribution in [0.25, 0.3) is 0 Å². The average molecular weight is 379 g/mol. The van der Waals surface area contributed by atoms with E-state index in [1.807, 2.05) is 44.2 Å². The van der Waals surface area contributed by atoms with Gasteiger partial charge >= 0.3 is 6.03 Å². The third kappa shape index (κ3) is 5.07. The first-order valence-electron chi connectivity index (χ1n) is 7.05. The maximum Gasteiger partial charge on any atom is 0.319 e. The highest BCUT2D eigenvalue weighted by molar-refractivity contribution is 9.10. The summed E-state index contributed by atoms with van der Waals surface area (Å²) in [4.78, 5) is 13.2. The molecule has 0 heterocycles. The van der Waals surface area contributed by atoms with E-state index >= 15 is 0 Å². The van der Waals surface area contributed by atoms with Crippen LogP contribution in [0, 0.1) is 13.8 Å². The van der Waals surface area contributed by atoms with Crippen molar-refractivity contribution in [1.29, 1.82) is 0 Å². The first-order chi connectivity index (χ1) is 10.6. The van der Waals surface area contributed by atoms with Gasteiger partial charge < -0.3 is 10.6 Å². The largest absolute Gasteiger partial charge is 0.337 e. The molecule has 2 aromatic carbocycles. The third-order valence-electron chi connectivity index (χ3n) is 3.14. The van der Waals surface area contributed by atoms with Gasteiger partial charge in [0.2, 0.25) is 0 Å². The molecule has 2 aromatic rings. The van der Waals surface area contributed by atoms with Gasteiger partial charge in [0.05, 0.1) is 0 Å². The second-order valence-electron chi connectivity index (χ2n) is 4.96. The van der Waals surface area contributed by atoms with Crippen LogP contribution in [-0.4, -0.2) is 18.3 Å². The lowest BCUT2D eigenvalue weighted by atomic mass is 10.1. The second-order valence-corrected chi connectivity index (χ2v) is 7.04. The molecule has 22 heavy (non-hydrogen) atoms. The van der Waals surface area contributed by atoms with Gasteiger partial charge in [-0.05, 0) is 49.2 Å². The monoisotopic (exact) mass is 378 g/mol. The molecule has 0 spiro atoms. The summed E-state index contributed by atoms with van der Waals surface area (Å²) in [6, 6.07) is 14.0. The molecular formula is C17H19BrN2OS. The number of thioether (sulfide) groups is 1. The van der Waals surface area contributed by atoms with Gasteiger partial charge in [-0.1, -0.05) is 34.1 Å². The van der Waals surface area contributed by atoms with Crippen molar-refractivity contribution in [3.63, 3.8) is 0 Å². The van der Waals surface area contributed by atoms with E-state index in [2.05, 4.69) is 38.7 Å². The summed E-state index contributed by atoms with van der Waals surface area (Å²) in [5.74, 6) is 0.843. The summed E-state index contributed by atoms with van der Waals surface area (Å²) < 4.78 is 1.02. The van der Waals surface area contributed by atoms with Crippen LogP contribution in [0.3, 0.4) is 0 Å². The van der Waals surface area contributed by atoms with Crippen molar-refractivity contribution < 1.29 is 4.79 Å². The Morgan fingerprint density at radius 1 is 1.14 bits per heavy atom. The summed E-state index contributed by atoms with van der Waals surface area (Å²) in [7, 11) is 0. The van der Waals surface area contributed by atoms with Gasteiger partial charge in [-0.25, -0.2) is 4.79 Å². The van der Waals surface area contributed by atoms with Crippen LogP contribution in [0.2, 0.25) is 0 Å². The van der Waals surface area contributed by atoms with Gasteiger partial charge in [-0.2, -0.15) is 0 Å². The Hall–Kier alpha value is -1.46. The molecule has 5 heteroatoms. The molecule has 116 valence electrons. The van der Waals surface area contributed by atoms with E-state index in [9.17, 15) is 4.79 Å². The van der Waals surface area contributed by atoms with Crippen LogP contribution in [-0.2, 0) is 0 Å². The summed E-state index contributed by atoms with van der Waals surface area (Å²) >= 11 is 5.18. The highest BCUT2D eigenvalue weighted by Crippen LogP contribution is 2.25. The lowest BCUT2D eigenvalue weighted by Crippen LogP contribution is -2.31. The zero-order valence-electron chi connectivity index (χ0n) is 12.7. The normalized spacial score (nSPS) is 10.3. The highest BCUT2D eigenvalue weighted by Gasteiger charge is 2.08. The molecule has 0 aliphatic heterocycles. The number of rotatable bonds is 5. The number of carbonyl (C=O) groups is 1. The fourth-order valence-electron chi connectivity index (χ4n) is 2.12. The standard InChI is InChI=1S/C17H19BrN2OS/c1-12-10-14(18)11-13(2)16(12)20-17(21)19-8-9-22-15-6-4-3-5-7-15/h3-7,10-11H,8-9H2,1-2H3,(H2,19,20,21). The molecule has 0 fully saturated rings. The Labute approximate surface area is 144 Å². The number of nitrogens with one attached hydrogen (secondary N) is 2. The Balaban J connectivity index is 1.79. The number of aryl methyl sites for hydroxylation is 2. The summed E-state index contributed by atoms with van der Waals surface area (Å²) in [6.07, 6.45) is 0. The molecule has 3 nitrogen and oxygen atoms in total. The predicted octanol–water partition coefficient (Wildman–Crippen LogP) is 4.98. The topological polar surface area (TPSA) is 41.1 Å². The van der Waals surface area contributed by atoms with Crippen molar-refractivity contribution in [1.82, 2.24) is 5.32 Å². The molecule has 0 bridgehead atoms. The minimum absolute atomic E-state index is 0.165. The SMILES string of the molecule is Cc1cc(Br)cc(C)c1NC(=O)NCCSc1ccccc1. The van der Waals surface area contributed by atoms with Crippen LogP contribution in [0.5, 0.6) is 0 Å². The van der Waals surface area contributed by atoms with Crippen LogP contribution in [0.4, 0.5) is 10.5 Å². The number of anilines is 1. The third-order valence-corrected chi connectivity index (χ3v) is 4.61. The number of urea groups is 1. The molecule has 2 amide bonds. The first kappa shape index (κ1) is 16.9. The van der Waals surface area contributed by atoms with Crippen LogP contribution in [0.15, 0.2) is 51.8 Å². The number of benzene rings is 2. The Bertz CT molecular complexity index is 623. The molecular weight excluding hydrogens is 360 g/mol. The fourth-order valence-corrected chi connectivity index (χ4v) is 3.59. The number of amides is 2.